The maximum absolute atomic E-state index is 12.4. The summed E-state index contributed by atoms with van der Waals surface area (Å²) in [5.74, 6) is 0.911. The van der Waals surface area contributed by atoms with E-state index in [0.717, 1.165) is 23.2 Å². The predicted octanol–water partition coefficient (Wildman–Crippen LogP) is 3.22. The Morgan fingerprint density at radius 3 is 2.47 bits per heavy atom. The summed E-state index contributed by atoms with van der Waals surface area (Å²) in [4.78, 5) is 26.7. The second kappa shape index (κ2) is 9.38. The molecule has 0 unspecified atom stereocenters. The molecule has 0 spiro atoms. The fourth-order valence-electron chi connectivity index (χ4n) is 3.92. The van der Waals surface area contributed by atoms with Crippen LogP contribution in [0.1, 0.15) is 43.0 Å². The molecule has 0 radical (unpaired) electrons. The van der Waals surface area contributed by atoms with Gasteiger partial charge in [0.15, 0.2) is 6.61 Å². The molecule has 1 saturated carbocycles. The number of amides is 1. The second-order valence-electron chi connectivity index (χ2n) is 7.67. The van der Waals surface area contributed by atoms with Crippen molar-refractivity contribution in [3.05, 3.63) is 39.4 Å². The minimum Gasteiger partial charge on any atom is -0.484 e. The molecule has 1 aliphatic heterocycles. The van der Waals surface area contributed by atoms with Gasteiger partial charge in [-0.25, -0.2) is 0 Å². The van der Waals surface area contributed by atoms with Crippen LogP contribution in [0.5, 0.6) is 5.75 Å². The van der Waals surface area contributed by atoms with Crippen molar-refractivity contribution in [3.8, 4) is 5.75 Å². The Morgan fingerprint density at radius 2 is 1.80 bits per heavy atom. The highest BCUT2D eigenvalue weighted by atomic mass is 32.1. The SMILES string of the molecule is O=C(COc1ccc([N+](=O)[O-])cc1)N1CCN(c2nnc(C3CCCCC3)s2)CC1. The van der Waals surface area contributed by atoms with Crippen LogP contribution in [-0.2, 0) is 4.79 Å². The molecule has 10 heteroatoms. The standard InChI is InChI=1S/C20H25N5O4S/c26-18(14-29-17-8-6-16(7-9-17)25(27)28)23-10-12-24(13-11-23)20-22-21-19(30-20)15-4-2-1-3-5-15/h6-9,15H,1-5,10-14H2. The number of nitro groups is 1. The summed E-state index contributed by atoms with van der Waals surface area (Å²) in [5, 5.41) is 21.6. The van der Waals surface area contributed by atoms with E-state index in [-0.39, 0.29) is 18.2 Å². The number of hydrogen-bond acceptors (Lipinski definition) is 8. The zero-order valence-corrected chi connectivity index (χ0v) is 17.6. The average Bonchev–Trinajstić information content (AvgIpc) is 3.29. The summed E-state index contributed by atoms with van der Waals surface area (Å²) in [6.45, 7) is 2.59. The molecule has 1 amide bonds. The summed E-state index contributed by atoms with van der Waals surface area (Å²) in [5.41, 5.74) is -0.00637. The molecule has 1 aliphatic carbocycles. The highest BCUT2D eigenvalue weighted by molar-refractivity contribution is 7.15. The maximum atomic E-state index is 12.4. The third-order valence-electron chi connectivity index (χ3n) is 5.70. The van der Waals surface area contributed by atoms with E-state index in [1.54, 1.807) is 16.2 Å². The highest BCUT2D eigenvalue weighted by Crippen LogP contribution is 2.36. The van der Waals surface area contributed by atoms with Gasteiger partial charge in [0.05, 0.1) is 4.92 Å². The van der Waals surface area contributed by atoms with Gasteiger partial charge in [-0.15, -0.1) is 10.2 Å². The number of aromatic nitrogens is 2. The lowest BCUT2D eigenvalue weighted by molar-refractivity contribution is -0.384. The molecule has 1 aromatic carbocycles. The minimum atomic E-state index is -0.468. The number of ether oxygens (including phenoxy) is 1. The van der Waals surface area contributed by atoms with Gasteiger partial charge in [0.25, 0.3) is 11.6 Å². The fraction of sp³-hybridized carbons (Fsp3) is 0.550. The molecule has 2 aliphatic rings. The van der Waals surface area contributed by atoms with Crippen LogP contribution >= 0.6 is 11.3 Å². The van der Waals surface area contributed by atoms with Crippen molar-refractivity contribution in [3.63, 3.8) is 0 Å². The van der Waals surface area contributed by atoms with Crippen LogP contribution in [0.3, 0.4) is 0 Å². The van der Waals surface area contributed by atoms with E-state index in [4.69, 9.17) is 4.74 Å². The number of carbonyl (C=O) groups excluding carboxylic acids is 1. The zero-order chi connectivity index (χ0) is 20.9. The van der Waals surface area contributed by atoms with E-state index in [9.17, 15) is 14.9 Å². The van der Waals surface area contributed by atoms with E-state index in [2.05, 4.69) is 15.1 Å². The number of nitro benzene ring substituents is 1. The molecule has 4 rings (SSSR count). The molecule has 0 N–H and O–H groups in total. The van der Waals surface area contributed by atoms with Gasteiger partial charge >= 0.3 is 0 Å². The molecule has 2 heterocycles. The topological polar surface area (TPSA) is 102 Å². The first-order chi connectivity index (χ1) is 14.6. The lowest BCUT2D eigenvalue weighted by Gasteiger charge is -2.34. The second-order valence-corrected chi connectivity index (χ2v) is 8.65. The van der Waals surface area contributed by atoms with Crippen molar-refractivity contribution in [2.24, 2.45) is 0 Å². The predicted molar refractivity (Wildman–Crippen MR) is 113 cm³/mol. The van der Waals surface area contributed by atoms with Crippen molar-refractivity contribution in [2.45, 2.75) is 38.0 Å². The van der Waals surface area contributed by atoms with Crippen LogP contribution < -0.4 is 9.64 Å². The molecule has 160 valence electrons. The van der Waals surface area contributed by atoms with Crippen LogP contribution in [0.4, 0.5) is 10.8 Å². The molecule has 9 nitrogen and oxygen atoms in total. The minimum absolute atomic E-state index is 0.00637. The first-order valence-electron chi connectivity index (χ1n) is 10.3. The molecule has 0 bridgehead atoms. The van der Waals surface area contributed by atoms with Crippen LogP contribution in [-0.4, -0.2) is 58.7 Å². The molecule has 2 fully saturated rings. The number of piperazine rings is 1. The van der Waals surface area contributed by atoms with Crippen molar-refractivity contribution < 1.29 is 14.5 Å². The third-order valence-corrected chi connectivity index (χ3v) is 6.84. The third kappa shape index (κ3) is 4.86. The van der Waals surface area contributed by atoms with E-state index < -0.39 is 4.92 Å². The first kappa shape index (κ1) is 20.5. The van der Waals surface area contributed by atoms with Gasteiger partial charge in [-0.1, -0.05) is 30.6 Å². The van der Waals surface area contributed by atoms with E-state index in [1.807, 2.05) is 0 Å². The van der Waals surface area contributed by atoms with Gasteiger partial charge < -0.3 is 14.5 Å². The maximum Gasteiger partial charge on any atom is 0.269 e. The van der Waals surface area contributed by atoms with Crippen LogP contribution in [0, 0.1) is 10.1 Å². The van der Waals surface area contributed by atoms with Crippen LogP contribution in [0.2, 0.25) is 0 Å². The van der Waals surface area contributed by atoms with Gasteiger partial charge in [0.2, 0.25) is 5.13 Å². The lowest BCUT2D eigenvalue weighted by Crippen LogP contribution is -2.50. The van der Waals surface area contributed by atoms with Gasteiger partial charge in [0.1, 0.15) is 10.8 Å². The summed E-state index contributed by atoms with van der Waals surface area (Å²) in [6.07, 6.45) is 6.31. The summed E-state index contributed by atoms with van der Waals surface area (Å²) in [7, 11) is 0. The first-order valence-corrected chi connectivity index (χ1v) is 11.1. The zero-order valence-electron chi connectivity index (χ0n) is 16.7. The number of benzene rings is 1. The number of rotatable bonds is 6. The Morgan fingerprint density at radius 1 is 1.10 bits per heavy atom. The molecule has 2 aromatic rings. The van der Waals surface area contributed by atoms with Crippen LogP contribution in [0.25, 0.3) is 0 Å². The number of carbonyl (C=O) groups is 1. The molecular weight excluding hydrogens is 406 g/mol. The summed E-state index contributed by atoms with van der Waals surface area (Å²) >= 11 is 1.69. The molecule has 0 atom stereocenters. The van der Waals surface area contributed by atoms with E-state index in [1.165, 1.54) is 56.4 Å². The van der Waals surface area contributed by atoms with Crippen molar-refractivity contribution in [2.75, 3.05) is 37.7 Å². The van der Waals surface area contributed by atoms with Crippen molar-refractivity contribution >= 4 is 28.1 Å². The Kier molecular flexibility index (Phi) is 6.41. The molecule has 1 aromatic heterocycles. The quantitative estimate of drug-likeness (QED) is 0.511. The van der Waals surface area contributed by atoms with Gasteiger partial charge in [-0.3, -0.25) is 14.9 Å². The van der Waals surface area contributed by atoms with Gasteiger partial charge in [0, 0.05) is 44.2 Å². The lowest BCUT2D eigenvalue weighted by atomic mass is 9.90. The van der Waals surface area contributed by atoms with E-state index in [0.29, 0.717) is 24.8 Å². The van der Waals surface area contributed by atoms with Crippen molar-refractivity contribution in [1.29, 1.82) is 0 Å². The van der Waals surface area contributed by atoms with Gasteiger partial charge in [-0.2, -0.15) is 0 Å². The number of non-ortho nitro benzene ring substituents is 1. The summed E-state index contributed by atoms with van der Waals surface area (Å²) in [6, 6.07) is 5.73. The Hall–Kier alpha value is -2.75. The summed E-state index contributed by atoms with van der Waals surface area (Å²) < 4.78 is 5.49. The average molecular weight is 432 g/mol. The smallest absolute Gasteiger partial charge is 0.269 e. The Bertz CT molecular complexity index is 874. The number of hydrogen-bond donors (Lipinski definition) is 0. The molecular formula is C20H25N5O4S. The largest absolute Gasteiger partial charge is 0.484 e. The van der Waals surface area contributed by atoms with Crippen LogP contribution in [0.15, 0.2) is 24.3 Å². The van der Waals surface area contributed by atoms with Crippen molar-refractivity contribution in [1.82, 2.24) is 15.1 Å². The molecule has 1 saturated heterocycles. The van der Waals surface area contributed by atoms with Gasteiger partial charge in [-0.05, 0) is 25.0 Å². The Balaban J connectivity index is 1.24. The number of nitrogens with zero attached hydrogens (tertiary/aromatic N) is 5. The normalized spacial score (nSPS) is 17.7. The monoisotopic (exact) mass is 431 g/mol. The van der Waals surface area contributed by atoms with E-state index >= 15 is 0 Å². The highest BCUT2D eigenvalue weighted by Gasteiger charge is 2.25. The number of anilines is 1. The fourth-order valence-corrected chi connectivity index (χ4v) is 4.98. The molecule has 30 heavy (non-hydrogen) atoms. The Labute approximate surface area is 178 Å².